The van der Waals surface area contributed by atoms with Gasteiger partial charge in [0.15, 0.2) is 5.82 Å². The van der Waals surface area contributed by atoms with Crippen LogP contribution in [0.2, 0.25) is 0 Å². The van der Waals surface area contributed by atoms with Gasteiger partial charge in [0.25, 0.3) is 0 Å². The molecule has 10 heteroatoms. The Labute approximate surface area is 191 Å². The van der Waals surface area contributed by atoms with Gasteiger partial charge in [-0.05, 0) is 54.5 Å². The van der Waals surface area contributed by atoms with Gasteiger partial charge in [0.2, 0.25) is 11.4 Å². The summed E-state index contributed by atoms with van der Waals surface area (Å²) in [5, 5.41) is 9.05. The van der Waals surface area contributed by atoms with Gasteiger partial charge < -0.3 is 14.2 Å². The topological polar surface area (TPSA) is 81.0 Å². The van der Waals surface area contributed by atoms with E-state index < -0.39 is 5.41 Å². The highest BCUT2D eigenvalue weighted by Crippen LogP contribution is 2.47. The SMILES string of the molecule is C[C@@H]1CN2c3c(cc4c(-n5cc(I)cn5)noc4c3F)CC3(C=NCN=C3)[C@H]2[C@H](C)O1. The van der Waals surface area contributed by atoms with Gasteiger partial charge >= 0.3 is 0 Å². The van der Waals surface area contributed by atoms with Crippen molar-refractivity contribution in [2.24, 2.45) is 15.4 Å². The Bertz CT molecular complexity index is 1240. The van der Waals surface area contributed by atoms with E-state index in [2.05, 4.69) is 47.7 Å². The zero-order valence-electron chi connectivity index (χ0n) is 17.0. The lowest BCUT2D eigenvalue weighted by Crippen LogP contribution is -2.65. The van der Waals surface area contributed by atoms with Crippen LogP contribution in [0.5, 0.6) is 0 Å². The van der Waals surface area contributed by atoms with Crippen molar-refractivity contribution in [2.45, 2.75) is 38.5 Å². The van der Waals surface area contributed by atoms with Crippen molar-refractivity contribution in [1.29, 1.82) is 0 Å². The van der Waals surface area contributed by atoms with Gasteiger partial charge in [-0.25, -0.2) is 9.07 Å². The Balaban J connectivity index is 1.59. The molecule has 0 bridgehead atoms. The average molecular weight is 534 g/mol. The van der Waals surface area contributed by atoms with Crippen LogP contribution in [-0.4, -0.2) is 58.8 Å². The summed E-state index contributed by atoms with van der Waals surface area (Å²) in [4.78, 5) is 11.1. The number of benzene rings is 1. The quantitative estimate of drug-likeness (QED) is 0.448. The zero-order valence-corrected chi connectivity index (χ0v) is 19.2. The lowest BCUT2D eigenvalue weighted by molar-refractivity contribution is -0.0432. The summed E-state index contributed by atoms with van der Waals surface area (Å²) < 4.78 is 30.2. The lowest BCUT2D eigenvalue weighted by Gasteiger charge is -2.54. The van der Waals surface area contributed by atoms with Gasteiger partial charge in [-0.3, -0.25) is 9.98 Å². The predicted octanol–water partition coefficient (Wildman–Crippen LogP) is 3.39. The molecule has 0 saturated carbocycles. The number of ether oxygens (including phenoxy) is 1. The summed E-state index contributed by atoms with van der Waals surface area (Å²) in [7, 11) is 0. The molecule has 6 rings (SSSR count). The molecule has 0 aliphatic carbocycles. The normalized spacial score (nSPS) is 26.5. The number of anilines is 1. The fourth-order valence-corrected chi connectivity index (χ4v) is 5.75. The van der Waals surface area contributed by atoms with Gasteiger partial charge in [-0.1, -0.05) is 5.16 Å². The van der Waals surface area contributed by atoms with Crippen molar-refractivity contribution in [3.05, 3.63) is 33.4 Å². The molecule has 2 aromatic heterocycles. The maximum absolute atomic E-state index is 16.0. The number of halogens is 2. The summed E-state index contributed by atoms with van der Waals surface area (Å²) in [5.41, 5.74) is 1.14. The van der Waals surface area contributed by atoms with Crippen molar-refractivity contribution >= 4 is 51.7 Å². The first kappa shape index (κ1) is 19.4. The molecule has 3 atom stereocenters. The van der Waals surface area contributed by atoms with Crippen LogP contribution < -0.4 is 4.90 Å². The predicted molar refractivity (Wildman–Crippen MR) is 123 cm³/mol. The lowest BCUT2D eigenvalue weighted by atomic mass is 9.69. The molecule has 0 unspecified atom stereocenters. The molecule has 0 amide bonds. The van der Waals surface area contributed by atoms with Crippen molar-refractivity contribution in [3.8, 4) is 5.82 Å². The minimum Gasteiger partial charge on any atom is -0.372 e. The third kappa shape index (κ3) is 2.80. The number of aromatic nitrogens is 3. The van der Waals surface area contributed by atoms with Gasteiger partial charge in [0, 0.05) is 25.2 Å². The number of aliphatic imine (C=N–C) groups is 2. The van der Waals surface area contributed by atoms with E-state index in [9.17, 15) is 0 Å². The fraction of sp³-hybridized carbons (Fsp3) is 0.429. The second kappa shape index (κ2) is 6.83. The summed E-state index contributed by atoms with van der Waals surface area (Å²) in [6.07, 6.45) is 7.94. The number of nitrogens with zero attached hydrogens (tertiary/aromatic N) is 6. The van der Waals surface area contributed by atoms with Crippen LogP contribution >= 0.6 is 22.6 Å². The highest BCUT2D eigenvalue weighted by Gasteiger charge is 2.52. The molecule has 1 aromatic carbocycles. The van der Waals surface area contributed by atoms with E-state index in [1.807, 2.05) is 38.5 Å². The van der Waals surface area contributed by atoms with Crippen LogP contribution in [0.25, 0.3) is 16.8 Å². The Morgan fingerprint density at radius 1 is 1.26 bits per heavy atom. The van der Waals surface area contributed by atoms with Crippen molar-refractivity contribution in [1.82, 2.24) is 14.9 Å². The van der Waals surface area contributed by atoms with E-state index in [-0.39, 0.29) is 29.7 Å². The third-order valence-corrected chi connectivity index (χ3v) is 6.91. The molecular formula is C21H20FIN6O2. The first-order valence-electron chi connectivity index (χ1n) is 10.2. The number of hydrogen-bond acceptors (Lipinski definition) is 7. The zero-order chi connectivity index (χ0) is 21.3. The van der Waals surface area contributed by atoms with Crippen molar-refractivity contribution in [2.75, 3.05) is 18.1 Å². The molecule has 0 N–H and O–H groups in total. The van der Waals surface area contributed by atoms with Crippen LogP contribution in [0.1, 0.15) is 19.4 Å². The first-order chi connectivity index (χ1) is 15.0. The van der Waals surface area contributed by atoms with Gasteiger partial charge in [0.05, 0.1) is 44.5 Å². The molecular weight excluding hydrogens is 514 g/mol. The monoisotopic (exact) mass is 534 g/mol. The van der Waals surface area contributed by atoms with E-state index >= 15 is 4.39 Å². The Hall–Kier alpha value is -2.34. The molecule has 3 aliphatic rings. The van der Waals surface area contributed by atoms with E-state index in [1.165, 1.54) is 0 Å². The minimum absolute atomic E-state index is 0.0294. The minimum atomic E-state index is -0.455. The average Bonchev–Trinajstić information content (AvgIpc) is 3.34. The van der Waals surface area contributed by atoms with Crippen LogP contribution in [-0.2, 0) is 11.2 Å². The maximum Gasteiger partial charge on any atom is 0.206 e. The summed E-state index contributed by atoms with van der Waals surface area (Å²) in [5.74, 6) is 0.0874. The van der Waals surface area contributed by atoms with E-state index in [4.69, 9.17) is 9.26 Å². The smallest absolute Gasteiger partial charge is 0.206 e. The van der Waals surface area contributed by atoms with E-state index in [0.29, 0.717) is 36.5 Å². The first-order valence-corrected chi connectivity index (χ1v) is 11.3. The molecule has 1 spiro atoms. The molecule has 1 fully saturated rings. The van der Waals surface area contributed by atoms with Crippen LogP contribution in [0.3, 0.4) is 0 Å². The summed E-state index contributed by atoms with van der Waals surface area (Å²) in [6.45, 7) is 5.05. The number of fused-ring (bicyclic) bond motifs is 5. The van der Waals surface area contributed by atoms with Gasteiger partial charge in [-0.2, -0.15) is 5.10 Å². The number of rotatable bonds is 1. The highest BCUT2D eigenvalue weighted by atomic mass is 127. The largest absolute Gasteiger partial charge is 0.372 e. The van der Waals surface area contributed by atoms with E-state index in [1.54, 1.807) is 10.9 Å². The highest BCUT2D eigenvalue weighted by molar-refractivity contribution is 14.1. The van der Waals surface area contributed by atoms with Crippen LogP contribution in [0.4, 0.5) is 10.1 Å². The third-order valence-electron chi connectivity index (χ3n) is 6.35. The molecule has 1 saturated heterocycles. The maximum atomic E-state index is 16.0. The Morgan fingerprint density at radius 2 is 2.06 bits per heavy atom. The second-order valence-electron chi connectivity index (χ2n) is 8.49. The molecule has 0 radical (unpaired) electrons. The van der Waals surface area contributed by atoms with Crippen LogP contribution in [0.15, 0.2) is 33.0 Å². The van der Waals surface area contributed by atoms with Crippen molar-refractivity contribution < 1.29 is 13.7 Å². The Kier molecular flexibility index (Phi) is 4.26. The molecule has 8 nitrogen and oxygen atoms in total. The van der Waals surface area contributed by atoms with Crippen molar-refractivity contribution in [3.63, 3.8) is 0 Å². The molecule has 31 heavy (non-hydrogen) atoms. The van der Waals surface area contributed by atoms with Crippen LogP contribution in [0, 0.1) is 14.8 Å². The fourth-order valence-electron chi connectivity index (χ4n) is 5.36. The summed E-state index contributed by atoms with van der Waals surface area (Å²) in [6, 6.07) is 1.87. The number of morpholine rings is 1. The summed E-state index contributed by atoms with van der Waals surface area (Å²) >= 11 is 2.18. The van der Waals surface area contributed by atoms with E-state index in [0.717, 1.165) is 9.13 Å². The second-order valence-corrected chi connectivity index (χ2v) is 9.73. The van der Waals surface area contributed by atoms with Gasteiger partial charge in [-0.15, -0.1) is 0 Å². The number of hydrogen-bond donors (Lipinski definition) is 0. The molecule has 160 valence electrons. The molecule has 5 heterocycles. The standard InChI is InChI=1S/C21H20FIN6O2/c1-11-6-28-17-13(4-21(8-24-10-25-9-21)19(28)12(2)30-11)3-15-18(16(17)22)31-27-20(15)29-7-14(23)5-26-29/h3,5,7-9,11-12,19H,4,6,10H2,1-2H3/t11-,12+,19-/m1/s1. The molecule has 3 aliphatic heterocycles. The Morgan fingerprint density at radius 3 is 2.81 bits per heavy atom. The molecule has 3 aromatic rings. The van der Waals surface area contributed by atoms with Gasteiger partial charge in [0.1, 0.15) is 6.67 Å².